The predicted octanol–water partition coefficient (Wildman–Crippen LogP) is 7.18. The van der Waals surface area contributed by atoms with Crippen LogP contribution in [0.1, 0.15) is 85.9 Å². The number of rotatable bonds is 28. The number of hydrogen-bond acceptors (Lipinski definition) is 9. The molecule has 352 valence electrons. The maximum Gasteiger partial charge on any atom is 0.251 e. The first-order chi connectivity index (χ1) is 32.0. The van der Waals surface area contributed by atoms with Crippen LogP contribution in [0, 0.1) is 25.2 Å². The molecular weight excluding hydrogens is 1110 g/mol. The molecule has 0 aliphatic heterocycles. The lowest BCUT2D eigenvalue weighted by molar-refractivity contribution is -0.125. The van der Waals surface area contributed by atoms with E-state index in [1.165, 1.54) is 0 Å². The molecule has 18 heteroatoms. The van der Waals surface area contributed by atoms with E-state index in [1.807, 2.05) is 55.5 Å². The number of anilines is 1. The number of unbranched alkanes of at least 4 members (excludes halogenated alkanes) is 1. The third-order valence-corrected chi connectivity index (χ3v) is 12.4. The standard InChI is InChI=1S/C48H55Br4N7O7/c1-3-34-11-6-7-13-43(34)59(32-35-12-5-4-10-33(35)2)45(61)15-9-8-14-44(60)53-16-18-65-20-21-66-19-17-54-48(64)38(30-55-46(62)36-22-39(26-49)57-40(23-36)27-50)31-56-47(63)37-24-41(28-51)58-42(25-37)29-52/h1,4-7,10-13,22-25,38H,8-9,14-21,26-32H2,2H3,(H,53,60)(H,54,64)(H,55,62)(H,56,63). The van der Waals surface area contributed by atoms with E-state index >= 15 is 0 Å². The number of benzene rings is 2. The Morgan fingerprint density at radius 2 is 1.17 bits per heavy atom. The lowest BCUT2D eigenvalue weighted by Crippen LogP contribution is -2.45. The van der Waals surface area contributed by atoms with Gasteiger partial charge in [-0.15, -0.1) is 6.42 Å². The molecule has 0 fully saturated rings. The fraction of sp³-hybridized carbons (Fsp3) is 0.396. The first kappa shape index (κ1) is 54.1. The number of carbonyl (C=O) groups excluding carboxylic acids is 5. The number of hydrogen-bond donors (Lipinski definition) is 4. The van der Waals surface area contributed by atoms with Gasteiger partial charge in [0.05, 0.1) is 67.4 Å². The van der Waals surface area contributed by atoms with Crippen molar-refractivity contribution in [3.05, 3.63) is 123 Å². The van der Waals surface area contributed by atoms with Crippen LogP contribution in [0.5, 0.6) is 0 Å². The lowest BCUT2D eigenvalue weighted by Gasteiger charge is -2.25. The summed E-state index contributed by atoms with van der Waals surface area (Å²) >= 11 is 13.6. The van der Waals surface area contributed by atoms with Crippen molar-refractivity contribution < 1.29 is 33.4 Å². The number of pyridine rings is 2. The number of para-hydroxylation sites is 1. The van der Waals surface area contributed by atoms with Gasteiger partial charge in [0.15, 0.2) is 0 Å². The molecule has 0 radical (unpaired) electrons. The molecule has 0 saturated heterocycles. The Kier molecular flexibility index (Phi) is 24.6. The van der Waals surface area contributed by atoms with Gasteiger partial charge in [0, 0.05) is 77.0 Å². The number of terminal acetylenes is 1. The van der Waals surface area contributed by atoms with Crippen molar-refractivity contribution in [3.8, 4) is 12.3 Å². The second kappa shape index (κ2) is 30.0. The van der Waals surface area contributed by atoms with Gasteiger partial charge in [0.2, 0.25) is 17.7 Å². The number of nitrogens with zero attached hydrogens (tertiary/aromatic N) is 3. The monoisotopic (exact) mass is 1160 g/mol. The first-order valence-electron chi connectivity index (χ1n) is 21.4. The molecule has 2 heterocycles. The van der Waals surface area contributed by atoms with Crippen LogP contribution in [-0.4, -0.2) is 92.1 Å². The van der Waals surface area contributed by atoms with Crippen molar-refractivity contribution in [1.29, 1.82) is 0 Å². The Balaban J connectivity index is 1.14. The maximum absolute atomic E-state index is 13.5. The van der Waals surface area contributed by atoms with Crippen LogP contribution in [0.4, 0.5) is 5.69 Å². The average molecular weight is 1160 g/mol. The minimum absolute atomic E-state index is 0.0437. The van der Waals surface area contributed by atoms with E-state index in [1.54, 1.807) is 29.2 Å². The highest BCUT2D eigenvalue weighted by atomic mass is 79.9. The number of halogens is 4. The van der Waals surface area contributed by atoms with Crippen molar-refractivity contribution in [2.75, 3.05) is 57.5 Å². The minimum Gasteiger partial charge on any atom is -0.377 e. The maximum atomic E-state index is 13.5. The van der Waals surface area contributed by atoms with Crippen molar-refractivity contribution >= 4 is 98.9 Å². The lowest BCUT2D eigenvalue weighted by atomic mass is 10.1. The zero-order valence-corrected chi connectivity index (χ0v) is 43.2. The highest BCUT2D eigenvalue weighted by Crippen LogP contribution is 2.25. The van der Waals surface area contributed by atoms with Gasteiger partial charge in [-0.05, 0) is 67.3 Å². The van der Waals surface area contributed by atoms with Crippen molar-refractivity contribution in [2.24, 2.45) is 5.92 Å². The van der Waals surface area contributed by atoms with Gasteiger partial charge >= 0.3 is 0 Å². The number of amides is 5. The second-order valence-corrected chi connectivity index (χ2v) is 17.2. The Morgan fingerprint density at radius 3 is 1.70 bits per heavy atom. The molecule has 2 aromatic carbocycles. The number of aromatic nitrogens is 2. The van der Waals surface area contributed by atoms with E-state index in [2.05, 4.69) is 101 Å². The largest absolute Gasteiger partial charge is 0.377 e. The van der Waals surface area contributed by atoms with Gasteiger partial charge in [-0.25, -0.2) is 0 Å². The number of ether oxygens (including phenoxy) is 2. The molecule has 0 aliphatic carbocycles. The summed E-state index contributed by atoms with van der Waals surface area (Å²) in [6.07, 6.45) is 7.41. The van der Waals surface area contributed by atoms with Crippen LogP contribution in [0.3, 0.4) is 0 Å². The summed E-state index contributed by atoms with van der Waals surface area (Å²) in [5, 5.41) is 13.2. The molecule has 66 heavy (non-hydrogen) atoms. The molecule has 0 unspecified atom stereocenters. The fourth-order valence-electron chi connectivity index (χ4n) is 6.59. The van der Waals surface area contributed by atoms with Gasteiger partial charge in [-0.3, -0.25) is 33.9 Å². The van der Waals surface area contributed by atoms with Gasteiger partial charge in [0.25, 0.3) is 11.8 Å². The zero-order chi connectivity index (χ0) is 47.7. The third-order valence-electron chi connectivity index (χ3n) is 10.1. The summed E-state index contributed by atoms with van der Waals surface area (Å²) in [6.45, 7) is 3.85. The van der Waals surface area contributed by atoms with E-state index in [9.17, 15) is 24.0 Å². The van der Waals surface area contributed by atoms with E-state index in [0.29, 0.717) is 92.4 Å². The quantitative estimate of drug-likeness (QED) is 0.0260. The Bertz CT molecular complexity index is 2180. The molecule has 0 aliphatic rings. The van der Waals surface area contributed by atoms with E-state index in [-0.39, 0.29) is 88.4 Å². The molecule has 0 bridgehead atoms. The number of aryl methyl sites for hydroxylation is 1. The number of alkyl halides is 4. The molecule has 0 saturated carbocycles. The Labute approximate surface area is 420 Å². The molecule has 14 nitrogen and oxygen atoms in total. The average Bonchev–Trinajstić information content (AvgIpc) is 3.34. The highest BCUT2D eigenvalue weighted by Gasteiger charge is 2.23. The van der Waals surface area contributed by atoms with Crippen LogP contribution in [0.25, 0.3) is 0 Å². The second-order valence-electron chi connectivity index (χ2n) is 15.0. The molecule has 2 aromatic heterocycles. The van der Waals surface area contributed by atoms with Gasteiger partial charge in [-0.2, -0.15) is 0 Å². The number of carbonyl (C=O) groups is 5. The fourth-order valence-corrected chi connectivity index (χ4v) is 7.73. The SMILES string of the molecule is C#Cc1ccccc1N(Cc1ccccc1C)C(=O)CCCCC(=O)NCCOCCOCCNC(=O)C(CNC(=O)c1cc(CBr)nc(CBr)c1)CNC(=O)c1cc(CBr)nc(CBr)c1. The molecule has 4 rings (SSSR count). The normalized spacial score (nSPS) is 10.9. The van der Waals surface area contributed by atoms with Gasteiger partial charge in [0.1, 0.15) is 0 Å². The van der Waals surface area contributed by atoms with Crippen LogP contribution >= 0.6 is 63.7 Å². The van der Waals surface area contributed by atoms with Gasteiger partial charge < -0.3 is 35.6 Å². The first-order valence-corrected chi connectivity index (χ1v) is 25.9. The minimum atomic E-state index is -0.803. The number of nitrogens with one attached hydrogen (secondary N) is 4. The van der Waals surface area contributed by atoms with Crippen LogP contribution in [-0.2, 0) is 51.7 Å². The molecule has 5 amide bonds. The predicted molar refractivity (Wildman–Crippen MR) is 270 cm³/mol. The summed E-state index contributed by atoms with van der Waals surface area (Å²) in [7, 11) is 0. The highest BCUT2D eigenvalue weighted by molar-refractivity contribution is 9.09. The summed E-state index contributed by atoms with van der Waals surface area (Å²) in [6, 6.07) is 22.0. The molecule has 0 atom stereocenters. The smallest absolute Gasteiger partial charge is 0.251 e. The van der Waals surface area contributed by atoms with E-state index < -0.39 is 5.92 Å². The van der Waals surface area contributed by atoms with Crippen molar-refractivity contribution in [1.82, 2.24) is 31.2 Å². The summed E-state index contributed by atoms with van der Waals surface area (Å²) in [4.78, 5) is 76.4. The molecular formula is C48H55Br4N7O7. The third kappa shape index (κ3) is 18.3. The molecule has 0 spiro atoms. The van der Waals surface area contributed by atoms with Gasteiger partial charge in [-0.1, -0.05) is 106 Å². The van der Waals surface area contributed by atoms with E-state index in [4.69, 9.17) is 15.9 Å². The Hall–Kier alpha value is -4.51. The Morgan fingerprint density at radius 1 is 0.667 bits per heavy atom. The summed E-state index contributed by atoms with van der Waals surface area (Å²) < 4.78 is 11.2. The van der Waals surface area contributed by atoms with Crippen LogP contribution in [0.15, 0.2) is 72.8 Å². The summed E-state index contributed by atoms with van der Waals surface area (Å²) in [5.41, 5.74) is 7.02. The molecule has 4 N–H and O–H groups in total. The van der Waals surface area contributed by atoms with Crippen molar-refractivity contribution in [2.45, 2.75) is 60.5 Å². The summed E-state index contributed by atoms with van der Waals surface area (Å²) in [5.74, 6) is 0.568. The van der Waals surface area contributed by atoms with Crippen LogP contribution in [0.2, 0.25) is 0 Å². The topological polar surface area (TPSA) is 181 Å². The molecule has 4 aromatic rings. The van der Waals surface area contributed by atoms with Crippen LogP contribution < -0.4 is 26.2 Å². The van der Waals surface area contributed by atoms with E-state index in [0.717, 1.165) is 11.1 Å². The van der Waals surface area contributed by atoms with Crippen molar-refractivity contribution in [3.63, 3.8) is 0 Å². The zero-order valence-electron chi connectivity index (χ0n) is 36.8.